The summed E-state index contributed by atoms with van der Waals surface area (Å²) in [7, 11) is 4.43. The van der Waals surface area contributed by atoms with E-state index in [2.05, 4.69) is 157 Å². The molecule has 6 aromatic rings. The summed E-state index contributed by atoms with van der Waals surface area (Å²) in [5.74, 6) is 0. The SMILES string of the molecule is CN(Cc1ccc2c(c1)Cc1ccccc1N2C)Cc1ccc2c(c1)-c1ccccc1C21c2ccccc2-c2ccccc21. The van der Waals surface area contributed by atoms with Crippen molar-refractivity contribution in [3.05, 3.63) is 178 Å². The van der Waals surface area contributed by atoms with Crippen LogP contribution in [0.4, 0.5) is 11.4 Å². The van der Waals surface area contributed by atoms with Gasteiger partial charge < -0.3 is 4.90 Å². The van der Waals surface area contributed by atoms with Gasteiger partial charge in [-0.05, 0) is 92.0 Å². The van der Waals surface area contributed by atoms with Crippen LogP contribution in [0.15, 0.2) is 133 Å². The Balaban J connectivity index is 1.05. The van der Waals surface area contributed by atoms with Gasteiger partial charge in [0.1, 0.15) is 0 Å². The first-order valence-corrected chi connectivity index (χ1v) is 15.7. The Kier molecular flexibility index (Phi) is 5.54. The summed E-state index contributed by atoms with van der Waals surface area (Å²) in [4.78, 5) is 4.78. The molecule has 2 aliphatic carbocycles. The van der Waals surface area contributed by atoms with Crippen LogP contribution in [0.5, 0.6) is 0 Å². The van der Waals surface area contributed by atoms with Gasteiger partial charge >= 0.3 is 0 Å². The van der Waals surface area contributed by atoms with Gasteiger partial charge in [0, 0.05) is 37.9 Å². The average molecular weight is 567 g/mol. The van der Waals surface area contributed by atoms with Crippen LogP contribution in [-0.4, -0.2) is 19.0 Å². The Morgan fingerprint density at radius 1 is 0.523 bits per heavy atom. The maximum Gasteiger partial charge on any atom is 0.0725 e. The van der Waals surface area contributed by atoms with Crippen molar-refractivity contribution in [2.75, 3.05) is 19.0 Å². The summed E-state index contributed by atoms with van der Waals surface area (Å²) in [5.41, 5.74) is 18.9. The Bertz CT molecular complexity index is 2060. The molecule has 2 heteroatoms. The number of anilines is 2. The molecule has 1 heterocycles. The molecule has 3 aliphatic rings. The number of para-hydroxylation sites is 1. The van der Waals surface area contributed by atoms with Crippen molar-refractivity contribution >= 4 is 11.4 Å². The minimum Gasteiger partial charge on any atom is -0.344 e. The van der Waals surface area contributed by atoms with Gasteiger partial charge in [-0.3, -0.25) is 4.90 Å². The fourth-order valence-corrected chi connectivity index (χ4v) is 8.45. The number of fused-ring (bicyclic) bond motifs is 12. The zero-order valence-corrected chi connectivity index (χ0v) is 25.2. The molecule has 0 radical (unpaired) electrons. The molecule has 44 heavy (non-hydrogen) atoms. The molecule has 2 nitrogen and oxygen atoms in total. The van der Waals surface area contributed by atoms with Crippen molar-refractivity contribution in [1.82, 2.24) is 4.90 Å². The van der Waals surface area contributed by atoms with Crippen molar-refractivity contribution in [1.29, 1.82) is 0 Å². The first-order valence-electron chi connectivity index (χ1n) is 15.7. The van der Waals surface area contributed by atoms with E-state index in [1.807, 2.05) is 0 Å². The molecule has 0 fully saturated rings. The molecule has 0 amide bonds. The fraction of sp³-hybridized carbons (Fsp3) is 0.143. The highest BCUT2D eigenvalue weighted by atomic mass is 15.1. The standard InChI is InChI=1S/C42H34N2/c1-43(26-28-20-22-41-31(23-28)25-30-11-3-10-18-40(30)44(41)2)27-29-19-21-39-35(24-29)34-14-6-9-17-38(34)42(39)36-15-7-4-12-32(36)33-13-5-8-16-37(33)42/h3-24H,25-27H2,1-2H3. The third-order valence-corrected chi connectivity index (χ3v) is 10.2. The van der Waals surface area contributed by atoms with Gasteiger partial charge in [-0.2, -0.15) is 0 Å². The van der Waals surface area contributed by atoms with E-state index in [0.717, 1.165) is 19.5 Å². The predicted octanol–water partition coefficient (Wildman–Crippen LogP) is 9.33. The Morgan fingerprint density at radius 2 is 1.02 bits per heavy atom. The maximum absolute atomic E-state index is 2.46. The number of benzene rings is 6. The highest BCUT2D eigenvalue weighted by Crippen LogP contribution is 2.62. The van der Waals surface area contributed by atoms with E-state index in [4.69, 9.17) is 0 Å². The van der Waals surface area contributed by atoms with Gasteiger partial charge in [-0.15, -0.1) is 0 Å². The quantitative estimate of drug-likeness (QED) is 0.209. The molecule has 212 valence electrons. The lowest BCUT2D eigenvalue weighted by molar-refractivity contribution is 0.319. The molecule has 1 aliphatic heterocycles. The topological polar surface area (TPSA) is 6.48 Å². The number of hydrogen-bond donors (Lipinski definition) is 0. The second kappa shape index (κ2) is 9.54. The average Bonchev–Trinajstić information content (AvgIpc) is 3.52. The third-order valence-electron chi connectivity index (χ3n) is 10.2. The lowest BCUT2D eigenvalue weighted by Crippen LogP contribution is -2.25. The Hall–Kier alpha value is -4.92. The van der Waals surface area contributed by atoms with E-state index in [-0.39, 0.29) is 5.41 Å². The lowest BCUT2D eigenvalue weighted by Gasteiger charge is -2.31. The molecular weight excluding hydrogens is 532 g/mol. The molecule has 0 aromatic heterocycles. The van der Waals surface area contributed by atoms with Crippen molar-refractivity contribution < 1.29 is 0 Å². The summed E-state index contributed by atoms with van der Waals surface area (Å²) in [6, 6.07) is 50.1. The molecule has 0 bridgehead atoms. The summed E-state index contributed by atoms with van der Waals surface area (Å²) in [6.45, 7) is 1.81. The Morgan fingerprint density at radius 3 is 1.70 bits per heavy atom. The normalized spacial score (nSPS) is 14.6. The second-order valence-electron chi connectivity index (χ2n) is 12.8. The van der Waals surface area contributed by atoms with Gasteiger partial charge in [0.15, 0.2) is 0 Å². The molecule has 0 unspecified atom stereocenters. The third kappa shape index (κ3) is 3.52. The molecule has 0 saturated heterocycles. The second-order valence-corrected chi connectivity index (χ2v) is 12.8. The van der Waals surface area contributed by atoms with E-state index in [0.29, 0.717) is 0 Å². The summed E-state index contributed by atoms with van der Waals surface area (Å²) in [6.07, 6.45) is 0.992. The minimum atomic E-state index is -0.265. The van der Waals surface area contributed by atoms with Crippen LogP contribution >= 0.6 is 0 Å². The van der Waals surface area contributed by atoms with Crippen LogP contribution in [0.1, 0.15) is 44.5 Å². The molecule has 0 atom stereocenters. The van der Waals surface area contributed by atoms with E-state index in [1.54, 1.807) is 0 Å². The molecule has 9 rings (SSSR count). The maximum atomic E-state index is 2.46. The van der Waals surface area contributed by atoms with Crippen molar-refractivity contribution in [3.63, 3.8) is 0 Å². The van der Waals surface area contributed by atoms with Crippen molar-refractivity contribution in [2.45, 2.75) is 24.9 Å². The summed E-state index contributed by atoms with van der Waals surface area (Å²) in [5, 5.41) is 0. The molecular formula is C42H34N2. The molecule has 0 N–H and O–H groups in total. The van der Waals surface area contributed by atoms with Crippen LogP contribution in [-0.2, 0) is 24.9 Å². The van der Waals surface area contributed by atoms with Gasteiger partial charge in [-0.1, -0.05) is 115 Å². The fourth-order valence-electron chi connectivity index (χ4n) is 8.45. The highest BCUT2D eigenvalue weighted by Gasteiger charge is 2.51. The van der Waals surface area contributed by atoms with Gasteiger partial charge in [-0.25, -0.2) is 0 Å². The molecule has 6 aromatic carbocycles. The lowest BCUT2D eigenvalue weighted by atomic mass is 9.70. The summed E-state index contributed by atoms with van der Waals surface area (Å²) < 4.78 is 0. The van der Waals surface area contributed by atoms with E-state index < -0.39 is 0 Å². The number of rotatable bonds is 4. The zero-order chi connectivity index (χ0) is 29.4. The van der Waals surface area contributed by atoms with Gasteiger partial charge in [0.2, 0.25) is 0 Å². The van der Waals surface area contributed by atoms with Crippen LogP contribution in [0.25, 0.3) is 22.3 Å². The van der Waals surface area contributed by atoms with Crippen molar-refractivity contribution in [2.24, 2.45) is 0 Å². The van der Waals surface area contributed by atoms with E-state index in [9.17, 15) is 0 Å². The van der Waals surface area contributed by atoms with Crippen molar-refractivity contribution in [3.8, 4) is 22.3 Å². The Labute approximate surface area is 259 Å². The predicted molar refractivity (Wildman–Crippen MR) is 182 cm³/mol. The number of hydrogen-bond acceptors (Lipinski definition) is 2. The minimum absolute atomic E-state index is 0.265. The zero-order valence-electron chi connectivity index (χ0n) is 25.2. The van der Waals surface area contributed by atoms with Crippen LogP contribution in [0.2, 0.25) is 0 Å². The molecule has 1 spiro atoms. The van der Waals surface area contributed by atoms with Gasteiger partial charge in [0.05, 0.1) is 5.41 Å². The van der Waals surface area contributed by atoms with E-state index >= 15 is 0 Å². The highest BCUT2D eigenvalue weighted by molar-refractivity contribution is 5.95. The first kappa shape index (κ1) is 25.6. The van der Waals surface area contributed by atoms with E-state index in [1.165, 1.54) is 78.1 Å². The largest absolute Gasteiger partial charge is 0.344 e. The first-order chi connectivity index (χ1) is 21.6. The van der Waals surface area contributed by atoms with Crippen LogP contribution in [0, 0.1) is 0 Å². The number of nitrogens with zero attached hydrogens (tertiary/aromatic N) is 2. The van der Waals surface area contributed by atoms with Crippen LogP contribution in [0.3, 0.4) is 0 Å². The molecule has 0 saturated carbocycles. The monoisotopic (exact) mass is 566 g/mol. The smallest absolute Gasteiger partial charge is 0.0725 e. The van der Waals surface area contributed by atoms with Crippen LogP contribution < -0.4 is 4.90 Å². The van der Waals surface area contributed by atoms with Gasteiger partial charge in [0.25, 0.3) is 0 Å². The summed E-state index contributed by atoms with van der Waals surface area (Å²) >= 11 is 0.